The highest BCUT2D eigenvalue weighted by atomic mass is 19.1. The normalized spacial score (nSPS) is 17.9. The minimum Gasteiger partial charge on any atom is -0.481 e. The molecule has 0 atom stereocenters. The van der Waals surface area contributed by atoms with Gasteiger partial charge in [0.25, 0.3) is 0 Å². The highest BCUT2D eigenvalue weighted by molar-refractivity contribution is 5.76. The molecule has 0 amide bonds. The first kappa shape index (κ1) is 12.1. The molecule has 1 heterocycles. The Bertz CT molecular complexity index is 629. The first-order chi connectivity index (χ1) is 9.09. The summed E-state index contributed by atoms with van der Waals surface area (Å²) in [7, 11) is 0. The molecule has 1 aromatic carbocycles. The van der Waals surface area contributed by atoms with E-state index in [-0.39, 0.29) is 12.2 Å². The van der Waals surface area contributed by atoms with Crippen molar-refractivity contribution < 1.29 is 18.7 Å². The van der Waals surface area contributed by atoms with Gasteiger partial charge in [0.15, 0.2) is 11.5 Å². The van der Waals surface area contributed by atoms with E-state index in [0.717, 1.165) is 12.8 Å². The summed E-state index contributed by atoms with van der Waals surface area (Å²) in [6.07, 6.45) is 3.41. The molecule has 2 aromatic rings. The minimum atomic E-state index is -0.793. The van der Waals surface area contributed by atoms with Crippen molar-refractivity contribution in [2.45, 2.75) is 32.1 Å². The number of oxazole rings is 1. The van der Waals surface area contributed by atoms with Crippen LogP contribution in [0.2, 0.25) is 0 Å². The first-order valence-electron chi connectivity index (χ1n) is 6.37. The Labute approximate surface area is 109 Å². The van der Waals surface area contributed by atoms with E-state index in [0.29, 0.717) is 29.8 Å². The van der Waals surface area contributed by atoms with Crippen LogP contribution < -0.4 is 0 Å². The lowest BCUT2D eigenvalue weighted by Crippen LogP contribution is -2.30. The highest BCUT2D eigenvalue weighted by Crippen LogP contribution is 2.41. The van der Waals surface area contributed by atoms with E-state index in [4.69, 9.17) is 4.42 Å². The molecule has 0 unspecified atom stereocenters. The van der Waals surface area contributed by atoms with Crippen molar-refractivity contribution in [3.05, 3.63) is 29.9 Å². The Morgan fingerprint density at radius 2 is 2.16 bits per heavy atom. The molecule has 1 fully saturated rings. The van der Waals surface area contributed by atoms with Crippen molar-refractivity contribution in [2.24, 2.45) is 5.41 Å². The van der Waals surface area contributed by atoms with E-state index in [1.165, 1.54) is 12.1 Å². The minimum absolute atomic E-state index is 0.276. The second-order valence-corrected chi connectivity index (χ2v) is 5.19. The molecule has 3 rings (SSSR count). The van der Waals surface area contributed by atoms with Crippen LogP contribution in [0.5, 0.6) is 0 Å². The van der Waals surface area contributed by atoms with Crippen LogP contribution in [0.3, 0.4) is 0 Å². The third kappa shape index (κ3) is 2.09. The molecule has 0 radical (unpaired) electrons. The van der Waals surface area contributed by atoms with Gasteiger partial charge in [0, 0.05) is 12.5 Å². The Hall–Kier alpha value is -1.91. The quantitative estimate of drug-likeness (QED) is 0.923. The monoisotopic (exact) mass is 263 g/mol. The standard InChI is InChI=1S/C14H14FNO3/c15-9-3-4-10-11(7-9)19-12(16-10)8-14(13(17)18)5-1-2-6-14/h3-4,7H,1-2,5-6,8H2,(H,17,18). The second kappa shape index (κ2) is 4.33. The number of aliphatic carboxylic acids is 1. The maximum absolute atomic E-state index is 13.1. The highest BCUT2D eigenvalue weighted by Gasteiger charge is 2.42. The number of hydrogen-bond donors (Lipinski definition) is 1. The van der Waals surface area contributed by atoms with Gasteiger partial charge in [0.05, 0.1) is 5.41 Å². The number of carboxylic acids is 1. The third-order valence-electron chi connectivity index (χ3n) is 3.90. The molecule has 0 bridgehead atoms. The van der Waals surface area contributed by atoms with Crippen LogP contribution >= 0.6 is 0 Å². The topological polar surface area (TPSA) is 63.3 Å². The number of aromatic nitrogens is 1. The lowest BCUT2D eigenvalue weighted by atomic mass is 9.83. The number of nitrogens with zero attached hydrogens (tertiary/aromatic N) is 1. The van der Waals surface area contributed by atoms with E-state index in [1.807, 2.05) is 0 Å². The molecular formula is C14H14FNO3. The van der Waals surface area contributed by atoms with Crippen LogP contribution in [0.4, 0.5) is 4.39 Å². The number of carbonyl (C=O) groups is 1. The Balaban J connectivity index is 1.94. The van der Waals surface area contributed by atoms with Gasteiger partial charge in [0.1, 0.15) is 11.3 Å². The SMILES string of the molecule is O=C(O)C1(Cc2nc3ccc(F)cc3o2)CCCC1. The summed E-state index contributed by atoms with van der Waals surface area (Å²) < 4.78 is 18.5. The average Bonchev–Trinajstić information content (AvgIpc) is 2.96. The average molecular weight is 263 g/mol. The van der Waals surface area contributed by atoms with Crippen molar-refractivity contribution in [1.29, 1.82) is 0 Å². The van der Waals surface area contributed by atoms with Crippen molar-refractivity contribution in [3.8, 4) is 0 Å². The summed E-state index contributed by atoms with van der Waals surface area (Å²) in [6, 6.07) is 4.13. The maximum Gasteiger partial charge on any atom is 0.310 e. The van der Waals surface area contributed by atoms with Crippen molar-refractivity contribution in [1.82, 2.24) is 4.98 Å². The zero-order chi connectivity index (χ0) is 13.5. The summed E-state index contributed by atoms with van der Waals surface area (Å²) in [5.74, 6) is -0.799. The summed E-state index contributed by atoms with van der Waals surface area (Å²) in [4.78, 5) is 15.7. The Morgan fingerprint density at radius 3 is 2.84 bits per heavy atom. The molecule has 0 saturated heterocycles. The molecule has 19 heavy (non-hydrogen) atoms. The van der Waals surface area contributed by atoms with Crippen LogP contribution in [0.15, 0.2) is 22.6 Å². The molecule has 5 heteroatoms. The van der Waals surface area contributed by atoms with Gasteiger partial charge in [-0.3, -0.25) is 4.79 Å². The number of hydrogen-bond acceptors (Lipinski definition) is 3. The van der Waals surface area contributed by atoms with Crippen LogP contribution in [0.1, 0.15) is 31.6 Å². The van der Waals surface area contributed by atoms with Gasteiger partial charge in [0.2, 0.25) is 0 Å². The van der Waals surface area contributed by atoms with Crippen LogP contribution in [-0.4, -0.2) is 16.1 Å². The Morgan fingerprint density at radius 1 is 1.42 bits per heavy atom. The molecular weight excluding hydrogens is 249 g/mol. The summed E-state index contributed by atoms with van der Waals surface area (Å²) >= 11 is 0. The van der Waals surface area contributed by atoms with Gasteiger partial charge in [-0.15, -0.1) is 0 Å². The van der Waals surface area contributed by atoms with Gasteiger partial charge >= 0.3 is 5.97 Å². The Kier molecular flexibility index (Phi) is 2.77. The smallest absolute Gasteiger partial charge is 0.310 e. The van der Waals surface area contributed by atoms with Crippen LogP contribution in [0.25, 0.3) is 11.1 Å². The molecule has 0 spiro atoms. The fraction of sp³-hybridized carbons (Fsp3) is 0.429. The van der Waals surface area contributed by atoms with Crippen LogP contribution in [-0.2, 0) is 11.2 Å². The van der Waals surface area contributed by atoms with E-state index < -0.39 is 11.4 Å². The summed E-state index contributed by atoms with van der Waals surface area (Å²) in [5, 5.41) is 9.41. The van der Waals surface area contributed by atoms with Crippen LogP contribution in [0, 0.1) is 11.2 Å². The number of halogens is 1. The number of rotatable bonds is 3. The predicted molar refractivity (Wildman–Crippen MR) is 66.2 cm³/mol. The van der Waals surface area contributed by atoms with Gasteiger partial charge in [-0.2, -0.15) is 0 Å². The van der Waals surface area contributed by atoms with E-state index in [2.05, 4.69) is 4.98 Å². The zero-order valence-corrected chi connectivity index (χ0v) is 10.4. The molecule has 0 aliphatic heterocycles. The number of benzene rings is 1. The van der Waals surface area contributed by atoms with E-state index in [9.17, 15) is 14.3 Å². The van der Waals surface area contributed by atoms with Gasteiger partial charge in [-0.1, -0.05) is 12.8 Å². The zero-order valence-electron chi connectivity index (χ0n) is 10.4. The molecule has 1 aromatic heterocycles. The van der Waals surface area contributed by atoms with Crippen molar-refractivity contribution >= 4 is 17.1 Å². The van der Waals surface area contributed by atoms with Gasteiger partial charge < -0.3 is 9.52 Å². The summed E-state index contributed by atoms with van der Waals surface area (Å²) in [5.41, 5.74) is 0.169. The van der Waals surface area contributed by atoms with Gasteiger partial charge in [-0.25, -0.2) is 9.37 Å². The van der Waals surface area contributed by atoms with Gasteiger partial charge in [-0.05, 0) is 25.0 Å². The molecule has 100 valence electrons. The number of fused-ring (bicyclic) bond motifs is 1. The predicted octanol–water partition coefficient (Wildman–Crippen LogP) is 3.15. The second-order valence-electron chi connectivity index (χ2n) is 5.19. The molecule has 1 N–H and O–H groups in total. The van der Waals surface area contributed by atoms with Crippen molar-refractivity contribution in [2.75, 3.05) is 0 Å². The molecule has 1 aliphatic carbocycles. The lowest BCUT2D eigenvalue weighted by Gasteiger charge is -2.21. The van der Waals surface area contributed by atoms with E-state index in [1.54, 1.807) is 6.07 Å². The first-order valence-corrected chi connectivity index (χ1v) is 6.37. The maximum atomic E-state index is 13.1. The molecule has 1 aliphatic rings. The fourth-order valence-electron chi connectivity index (χ4n) is 2.83. The van der Waals surface area contributed by atoms with E-state index >= 15 is 0 Å². The summed E-state index contributed by atoms with van der Waals surface area (Å²) in [6.45, 7) is 0. The fourth-order valence-corrected chi connectivity index (χ4v) is 2.83. The number of carboxylic acid groups (broad SMARTS) is 1. The third-order valence-corrected chi connectivity index (χ3v) is 3.90. The lowest BCUT2D eigenvalue weighted by molar-refractivity contribution is -0.148. The largest absolute Gasteiger partial charge is 0.481 e. The van der Waals surface area contributed by atoms with Crippen molar-refractivity contribution in [3.63, 3.8) is 0 Å². The molecule has 1 saturated carbocycles. The molecule has 4 nitrogen and oxygen atoms in total.